The molecule has 1 aliphatic rings. The minimum atomic E-state index is -0.509. The predicted octanol–water partition coefficient (Wildman–Crippen LogP) is 2.59. The molecule has 2 amide bonds. The third kappa shape index (κ3) is 3.96. The summed E-state index contributed by atoms with van der Waals surface area (Å²) < 4.78 is 0. The number of hydrogen-bond donors (Lipinski definition) is 2. The minimum absolute atomic E-state index is 0.509. The first-order valence-electron chi connectivity index (χ1n) is 7.08. The molecule has 4 nitrogen and oxygen atoms in total. The van der Waals surface area contributed by atoms with E-state index in [1.807, 2.05) is 18.2 Å². The second-order valence-corrected chi connectivity index (χ2v) is 5.23. The molecule has 1 fully saturated rings. The zero-order chi connectivity index (χ0) is 13.7. The van der Waals surface area contributed by atoms with Crippen LogP contribution in [0.4, 0.5) is 10.5 Å². The summed E-state index contributed by atoms with van der Waals surface area (Å²) in [5.41, 5.74) is 7.19. The van der Waals surface area contributed by atoms with Crippen molar-refractivity contribution in [3.05, 3.63) is 29.8 Å². The second-order valence-electron chi connectivity index (χ2n) is 5.23. The number of amides is 2. The zero-order valence-electron chi connectivity index (χ0n) is 11.6. The van der Waals surface area contributed by atoms with Gasteiger partial charge in [0.15, 0.2) is 0 Å². The van der Waals surface area contributed by atoms with Gasteiger partial charge in [-0.15, -0.1) is 0 Å². The van der Waals surface area contributed by atoms with Gasteiger partial charge in [0.05, 0.1) is 0 Å². The standard InChI is InChI=1S/C15H23N3O/c1-2-8-18-9-4-7-14(18)11-12-5-3-6-13(10-12)17-15(16)19/h3,5-6,10,14H,2,4,7-9,11H2,1H3,(H3,16,17,19)/t14-/m1/s1. The van der Waals surface area contributed by atoms with Crippen LogP contribution in [-0.2, 0) is 6.42 Å². The van der Waals surface area contributed by atoms with Gasteiger partial charge in [0.2, 0.25) is 0 Å². The molecule has 4 heteroatoms. The van der Waals surface area contributed by atoms with Crippen LogP contribution >= 0.6 is 0 Å². The summed E-state index contributed by atoms with van der Waals surface area (Å²) in [7, 11) is 0. The lowest BCUT2D eigenvalue weighted by molar-refractivity contribution is 0.253. The summed E-state index contributed by atoms with van der Waals surface area (Å²) >= 11 is 0. The number of primary amides is 1. The quantitative estimate of drug-likeness (QED) is 0.856. The van der Waals surface area contributed by atoms with Crippen molar-refractivity contribution in [1.29, 1.82) is 0 Å². The first-order chi connectivity index (χ1) is 9.19. The lowest BCUT2D eigenvalue weighted by atomic mass is 10.0. The number of nitrogens with two attached hydrogens (primary N) is 1. The van der Waals surface area contributed by atoms with E-state index in [1.165, 1.54) is 37.9 Å². The molecule has 1 aromatic rings. The maximum absolute atomic E-state index is 10.9. The number of nitrogens with zero attached hydrogens (tertiary/aromatic N) is 1. The van der Waals surface area contributed by atoms with E-state index in [4.69, 9.17) is 5.73 Å². The maximum atomic E-state index is 10.9. The van der Waals surface area contributed by atoms with Crippen molar-refractivity contribution in [3.8, 4) is 0 Å². The van der Waals surface area contributed by atoms with E-state index in [1.54, 1.807) is 0 Å². The van der Waals surface area contributed by atoms with Crippen LogP contribution in [0.1, 0.15) is 31.7 Å². The van der Waals surface area contributed by atoms with Crippen molar-refractivity contribution in [2.75, 3.05) is 18.4 Å². The molecule has 0 radical (unpaired) electrons. The summed E-state index contributed by atoms with van der Waals surface area (Å²) in [5.74, 6) is 0. The van der Waals surface area contributed by atoms with Crippen LogP contribution in [0.15, 0.2) is 24.3 Å². The average Bonchev–Trinajstić information content (AvgIpc) is 2.77. The van der Waals surface area contributed by atoms with E-state index in [2.05, 4.69) is 23.2 Å². The molecule has 104 valence electrons. The van der Waals surface area contributed by atoms with Gasteiger partial charge in [-0.3, -0.25) is 0 Å². The van der Waals surface area contributed by atoms with Crippen molar-refractivity contribution in [2.45, 2.75) is 38.6 Å². The fourth-order valence-electron chi connectivity index (χ4n) is 2.90. The van der Waals surface area contributed by atoms with E-state index in [9.17, 15) is 4.79 Å². The summed E-state index contributed by atoms with van der Waals surface area (Å²) in [5, 5.41) is 2.63. The lowest BCUT2D eigenvalue weighted by Crippen LogP contribution is -2.31. The van der Waals surface area contributed by atoms with Gasteiger partial charge >= 0.3 is 6.03 Å². The smallest absolute Gasteiger partial charge is 0.316 e. The number of benzene rings is 1. The molecule has 0 aliphatic carbocycles. The summed E-state index contributed by atoms with van der Waals surface area (Å²) in [6.45, 7) is 4.63. The van der Waals surface area contributed by atoms with E-state index < -0.39 is 6.03 Å². The molecule has 0 spiro atoms. The minimum Gasteiger partial charge on any atom is -0.351 e. The molecule has 1 aromatic carbocycles. The van der Waals surface area contributed by atoms with E-state index >= 15 is 0 Å². The SMILES string of the molecule is CCCN1CCC[C@@H]1Cc1cccc(NC(N)=O)c1. The zero-order valence-corrected chi connectivity index (χ0v) is 11.6. The highest BCUT2D eigenvalue weighted by molar-refractivity contribution is 5.87. The highest BCUT2D eigenvalue weighted by atomic mass is 16.2. The number of likely N-dealkylation sites (tertiary alicyclic amines) is 1. The Bertz CT molecular complexity index is 433. The fraction of sp³-hybridized carbons (Fsp3) is 0.533. The van der Waals surface area contributed by atoms with Gasteiger partial charge in [0.1, 0.15) is 0 Å². The van der Waals surface area contributed by atoms with Crippen LogP contribution < -0.4 is 11.1 Å². The van der Waals surface area contributed by atoms with Crippen LogP contribution in [0.25, 0.3) is 0 Å². The first-order valence-corrected chi connectivity index (χ1v) is 7.08. The van der Waals surface area contributed by atoms with Crippen molar-refractivity contribution < 1.29 is 4.79 Å². The van der Waals surface area contributed by atoms with Gasteiger partial charge in [-0.25, -0.2) is 4.79 Å². The summed E-state index contributed by atoms with van der Waals surface area (Å²) in [4.78, 5) is 13.4. The molecule has 1 saturated heterocycles. The van der Waals surface area contributed by atoms with Gasteiger partial charge in [-0.1, -0.05) is 19.1 Å². The van der Waals surface area contributed by atoms with E-state index in [0.29, 0.717) is 6.04 Å². The molecule has 0 unspecified atom stereocenters. The summed E-state index contributed by atoms with van der Waals surface area (Å²) in [6.07, 6.45) is 4.82. The lowest BCUT2D eigenvalue weighted by Gasteiger charge is -2.24. The molecule has 0 saturated carbocycles. The highest BCUT2D eigenvalue weighted by Gasteiger charge is 2.23. The van der Waals surface area contributed by atoms with Crippen molar-refractivity contribution in [3.63, 3.8) is 0 Å². The molecule has 1 aliphatic heterocycles. The Morgan fingerprint density at radius 1 is 1.53 bits per heavy atom. The largest absolute Gasteiger partial charge is 0.351 e. The van der Waals surface area contributed by atoms with Gasteiger partial charge in [0.25, 0.3) is 0 Å². The molecular weight excluding hydrogens is 238 g/mol. The number of hydrogen-bond acceptors (Lipinski definition) is 2. The molecule has 1 atom stereocenters. The number of carbonyl (C=O) groups excluding carboxylic acids is 1. The molecular formula is C15H23N3O. The molecule has 0 aromatic heterocycles. The third-order valence-electron chi connectivity index (χ3n) is 3.68. The Labute approximate surface area is 115 Å². The molecule has 1 heterocycles. The van der Waals surface area contributed by atoms with Crippen LogP contribution in [0.5, 0.6) is 0 Å². The van der Waals surface area contributed by atoms with Crippen molar-refractivity contribution >= 4 is 11.7 Å². The Morgan fingerprint density at radius 3 is 3.11 bits per heavy atom. The molecule has 3 N–H and O–H groups in total. The monoisotopic (exact) mass is 261 g/mol. The van der Waals surface area contributed by atoms with Crippen LogP contribution in [-0.4, -0.2) is 30.1 Å². The molecule has 2 rings (SSSR count). The summed E-state index contributed by atoms with van der Waals surface area (Å²) in [6, 6.07) is 8.11. The maximum Gasteiger partial charge on any atom is 0.316 e. The van der Waals surface area contributed by atoms with Crippen LogP contribution in [0, 0.1) is 0 Å². The Hall–Kier alpha value is -1.55. The number of carbonyl (C=O) groups is 1. The number of rotatable bonds is 5. The Morgan fingerprint density at radius 2 is 2.37 bits per heavy atom. The van der Waals surface area contributed by atoms with Crippen LogP contribution in [0.2, 0.25) is 0 Å². The number of anilines is 1. The van der Waals surface area contributed by atoms with E-state index in [-0.39, 0.29) is 0 Å². The van der Waals surface area contributed by atoms with Gasteiger partial charge in [0, 0.05) is 11.7 Å². The normalized spacial score (nSPS) is 19.5. The highest BCUT2D eigenvalue weighted by Crippen LogP contribution is 2.22. The first kappa shape index (κ1) is 13.9. The Kier molecular flexibility index (Phi) is 4.80. The van der Waals surface area contributed by atoms with E-state index in [0.717, 1.165) is 12.1 Å². The molecule has 19 heavy (non-hydrogen) atoms. The number of urea groups is 1. The fourth-order valence-corrected chi connectivity index (χ4v) is 2.90. The van der Waals surface area contributed by atoms with Crippen molar-refractivity contribution in [1.82, 2.24) is 4.90 Å². The third-order valence-corrected chi connectivity index (χ3v) is 3.68. The average molecular weight is 261 g/mol. The predicted molar refractivity (Wildman–Crippen MR) is 78.2 cm³/mol. The van der Waals surface area contributed by atoms with Gasteiger partial charge in [-0.05, 0) is 56.5 Å². The van der Waals surface area contributed by atoms with Crippen molar-refractivity contribution in [2.24, 2.45) is 5.73 Å². The Balaban J connectivity index is 2.00. The topological polar surface area (TPSA) is 58.4 Å². The number of nitrogens with one attached hydrogen (secondary N) is 1. The van der Waals surface area contributed by atoms with Crippen LogP contribution in [0.3, 0.4) is 0 Å². The second kappa shape index (κ2) is 6.57. The van der Waals surface area contributed by atoms with Gasteiger partial charge in [-0.2, -0.15) is 0 Å². The van der Waals surface area contributed by atoms with Gasteiger partial charge < -0.3 is 16.0 Å². The molecule has 0 bridgehead atoms.